The van der Waals surface area contributed by atoms with Gasteiger partial charge in [-0.15, -0.1) is 0 Å². The van der Waals surface area contributed by atoms with Crippen molar-refractivity contribution in [2.45, 2.75) is 12.6 Å². The molecular formula is C3H8F3NO3S. The van der Waals surface area contributed by atoms with E-state index in [-0.39, 0.29) is 6.15 Å². The van der Waals surface area contributed by atoms with Crippen molar-refractivity contribution in [2.75, 3.05) is 5.75 Å². The summed E-state index contributed by atoms with van der Waals surface area (Å²) in [5, 5.41) is 0. The van der Waals surface area contributed by atoms with E-state index in [4.69, 9.17) is 4.55 Å². The number of alkyl halides is 3. The average molecular weight is 195 g/mol. The van der Waals surface area contributed by atoms with Crippen LogP contribution >= 0.6 is 0 Å². The van der Waals surface area contributed by atoms with Gasteiger partial charge in [-0.3, -0.25) is 4.55 Å². The van der Waals surface area contributed by atoms with Crippen molar-refractivity contribution in [1.82, 2.24) is 6.15 Å². The van der Waals surface area contributed by atoms with Gasteiger partial charge in [0.2, 0.25) is 0 Å². The Balaban J connectivity index is 0. The average Bonchev–Trinajstić information content (AvgIpc) is 1.57. The summed E-state index contributed by atoms with van der Waals surface area (Å²) < 4.78 is 61.0. The van der Waals surface area contributed by atoms with E-state index < -0.39 is 28.5 Å². The van der Waals surface area contributed by atoms with Gasteiger partial charge in [0, 0.05) is 0 Å². The highest BCUT2D eigenvalue weighted by Crippen LogP contribution is 2.19. The van der Waals surface area contributed by atoms with Crippen molar-refractivity contribution in [3.63, 3.8) is 0 Å². The zero-order valence-corrected chi connectivity index (χ0v) is 6.24. The van der Waals surface area contributed by atoms with Gasteiger partial charge in [-0.2, -0.15) is 21.6 Å². The van der Waals surface area contributed by atoms with Crippen LogP contribution in [-0.2, 0) is 10.1 Å². The predicted octanol–water partition coefficient (Wildman–Crippen LogP) is 0.989. The summed E-state index contributed by atoms with van der Waals surface area (Å²) in [6.07, 6.45) is -6.04. The Morgan fingerprint density at radius 1 is 1.27 bits per heavy atom. The summed E-state index contributed by atoms with van der Waals surface area (Å²) >= 11 is 0. The molecular weight excluding hydrogens is 187 g/mol. The molecule has 8 heteroatoms. The van der Waals surface area contributed by atoms with E-state index in [1.54, 1.807) is 0 Å². The zero-order chi connectivity index (χ0) is 8.41. The Bertz CT molecular complexity index is 196. The van der Waals surface area contributed by atoms with Gasteiger partial charge in [-0.1, -0.05) is 0 Å². The number of hydrogen-bond acceptors (Lipinski definition) is 3. The standard InChI is InChI=1S/C3H5F3O3S.H3N/c4-3(5,6)1-2-10(7,8)9;/h1-2H2,(H,7,8,9);1H3. The highest BCUT2D eigenvalue weighted by Gasteiger charge is 2.29. The van der Waals surface area contributed by atoms with Crippen LogP contribution in [0.1, 0.15) is 6.42 Å². The van der Waals surface area contributed by atoms with E-state index in [2.05, 4.69) is 0 Å². The van der Waals surface area contributed by atoms with Crippen LogP contribution in [0.4, 0.5) is 13.2 Å². The fraction of sp³-hybridized carbons (Fsp3) is 1.00. The molecule has 0 rings (SSSR count). The predicted molar refractivity (Wildman–Crippen MR) is 32.1 cm³/mol. The minimum absolute atomic E-state index is 0. The van der Waals surface area contributed by atoms with Crippen LogP contribution in [0, 0.1) is 0 Å². The monoisotopic (exact) mass is 195 g/mol. The summed E-state index contributed by atoms with van der Waals surface area (Å²) in [4.78, 5) is 0. The summed E-state index contributed by atoms with van der Waals surface area (Å²) in [7, 11) is -4.48. The number of hydrogen-bond donors (Lipinski definition) is 2. The van der Waals surface area contributed by atoms with Gasteiger partial charge in [0.15, 0.2) is 0 Å². The van der Waals surface area contributed by atoms with Crippen molar-refractivity contribution in [3.8, 4) is 0 Å². The normalized spacial score (nSPS) is 12.4. The van der Waals surface area contributed by atoms with E-state index in [9.17, 15) is 21.6 Å². The van der Waals surface area contributed by atoms with Crippen LogP contribution in [0.2, 0.25) is 0 Å². The lowest BCUT2D eigenvalue weighted by Crippen LogP contribution is -2.15. The lowest BCUT2D eigenvalue weighted by molar-refractivity contribution is -0.130. The molecule has 11 heavy (non-hydrogen) atoms. The van der Waals surface area contributed by atoms with Crippen LogP contribution in [0.25, 0.3) is 0 Å². The Hall–Kier alpha value is -0.340. The van der Waals surface area contributed by atoms with E-state index >= 15 is 0 Å². The molecule has 0 unspecified atom stereocenters. The van der Waals surface area contributed by atoms with Crippen LogP contribution < -0.4 is 6.15 Å². The van der Waals surface area contributed by atoms with Crippen LogP contribution in [0.15, 0.2) is 0 Å². The molecule has 0 aromatic carbocycles. The first kappa shape index (κ1) is 13.3. The maximum Gasteiger partial charge on any atom is 0.390 e. The van der Waals surface area contributed by atoms with E-state index in [0.717, 1.165) is 0 Å². The van der Waals surface area contributed by atoms with Crippen molar-refractivity contribution in [3.05, 3.63) is 0 Å². The molecule has 0 fully saturated rings. The van der Waals surface area contributed by atoms with Gasteiger partial charge >= 0.3 is 6.18 Å². The second kappa shape index (κ2) is 3.88. The quantitative estimate of drug-likeness (QED) is 0.643. The first-order valence-electron chi connectivity index (χ1n) is 2.23. The minimum Gasteiger partial charge on any atom is -0.344 e. The third kappa shape index (κ3) is 12.8. The largest absolute Gasteiger partial charge is 0.390 e. The third-order valence-electron chi connectivity index (χ3n) is 0.643. The molecule has 0 aliphatic heterocycles. The molecule has 0 bridgehead atoms. The molecule has 4 N–H and O–H groups in total. The Morgan fingerprint density at radius 2 is 1.64 bits per heavy atom. The van der Waals surface area contributed by atoms with Crippen LogP contribution in [0.3, 0.4) is 0 Å². The van der Waals surface area contributed by atoms with E-state index in [1.165, 1.54) is 0 Å². The molecule has 0 heterocycles. The smallest absolute Gasteiger partial charge is 0.344 e. The maximum absolute atomic E-state index is 11.2. The molecule has 0 radical (unpaired) electrons. The van der Waals surface area contributed by atoms with Gasteiger partial charge < -0.3 is 6.15 Å². The van der Waals surface area contributed by atoms with Crippen LogP contribution in [-0.4, -0.2) is 24.9 Å². The second-order valence-corrected chi connectivity index (χ2v) is 3.22. The van der Waals surface area contributed by atoms with Gasteiger partial charge in [-0.25, -0.2) is 0 Å². The summed E-state index contributed by atoms with van der Waals surface area (Å²) in [5.41, 5.74) is 0. The number of rotatable bonds is 2. The Labute approximate surface area is 61.7 Å². The van der Waals surface area contributed by atoms with Crippen molar-refractivity contribution >= 4 is 10.1 Å². The van der Waals surface area contributed by atoms with Crippen molar-refractivity contribution in [2.24, 2.45) is 0 Å². The molecule has 0 atom stereocenters. The highest BCUT2D eigenvalue weighted by molar-refractivity contribution is 7.85. The molecule has 0 amide bonds. The Kier molecular flexibility index (Phi) is 4.68. The maximum atomic E-state index is 11.2. The highest BCUT2D eigenvalue weighted by atomic mass is 32.2. The molecule has 0 saturated heterocycles. The zero-order valence-electron chi connectivity index (χ0n) is 5.43. The van der Waals surface area contributed by atoms with Gasteiger partial charge in [0.25, 0.3) is 10.1 Å². The molecule has 70 valence electrons. The van der Waals surface area contributed by atoms with E-state index in [1.807, 2.05) is 0 Å². The molecule has 0 aliphatic rings. The molecule has 0 saturated carbocycles. The molecule has 0 aliphatic carbocycles. The summed E-state index contributed by atoms with van der Waals surface area (Å²) in [5.74, 6) is -1.27. The van der Waals surface area contributed by atoms with Crippen molar-refractivity contribution < 1.29 is 26.1 Å². The first-order valence-corrected chi connectivity index (χ1v) is 3.83. The SMILES string of the molecule is N.O=S(=O)(O)CCC(F)(F)F. The summed E-state index contributed by atoms with van der Waals surface area (Å²) in [6.45, 7) is 0. The summed E-state index contributed by atoms with van der Waals surface area (Å²) in [6, 6.07) is 0. The van der Waals surface area contributed by atoms with Gasteiger partial charge in [0.05, 0.1) is 12.2 Å². The van der Waals surface area contributed by atoms with E-state index in [0.29, 0.717) is 0 Å². The minimum atomic E-state index is -4.53. The number of halogens is 3. The lowest BCUT2D eigenvalue weighted by Gasteiger charge is -2.02. The fourth-order valence-corrected chi connectivity index (χ4v) is 0.734. The first-order chi connectivity index (χ1) is 4.21. The lowest BCUT2D eigenvalue weighted by atomic mass is 10.5. The van der Waals surface area contributed by atoms with Gasteiger partial charge in [-0.05, 0) is 0 Å². The topological polar surface area (TPSA) is 89.4 Å². The molecule has 4 nitrogen and oxygen atoms in total. The molecule has 0 aromatic rings. The second-order valence-electron chi connectivity index (χ2n) is 1.65. The fourth-order valence-electron chi connectivity index (χ4n) is 0.245. The molecule has 0 spiro atoms. The van der Waals surface area contributed by atoms with Crippen molar-refractivity contribution in [1.29, 1.82) is 0 Å². The molecule has 0 aromatic heterocycles. The van der Waals surface area contributed by atoms with Crippen LogP contribution in [0.5, 0.6) is 0 Å². The Morgan fingerprint density at radius 3 is 1.73 bits per heavy atom. The van der Waals surface area contributed by atoms with Gasteiger partial charge in [0.1, 0.15) is 0 Å². The third-order valence-corrected chi connectivity index (χ3v) is 1.36.